The molecule has 0 N–H and O–H groups in total. The molecular formula is C38H31N3OPtS. The molecular weight excluding hydrogens is 742 g/mol. The van der Waals surface area contributed by atoms with Crippen molar-refractivity contribution in [3.63, 3.8) is 0 Å². The van der Waals surface area contributed by atoms with E-state index in [2.05, 4.69) is 92.9 Å². The topological polar surface area (TPSA) is 39.9 Å². The van der Waals surface area contributed by atoms with Crippen LogP contribution in [-0.4, -0.2) is 14.5 Å². The molecule has 3 heterocycles. The van der Waals surface area contributed by atoms with Crippen LogP contribution in [0.25, 0.3) is 48.5 Å². The third-order valence-corrected chi connectivity index (χ3v) is 8.97. The Bertz CT molecular complexity index is 2070. The molecule has 4 aromatic carbocycles. The minimum Gasteiger partial charge on any atom is -0.460 e. The normalized spacial score (nSPS) is 11.4. The maximum absolute atomic E-state index is 6.31. The van der Waals surface area contributed by atoms with Gasteiger partial charge in [-0.3, -0.25) is 9.97 Å². The summed E-state index contributed by atoms with van der Waals surface area (Å²) in [7, 11) is 0. The molecule has 0 fully saturated rings. The van der Waals surface area contributed by atoms with E-state index in [0.717, 1.165) is 22.6 Å². The summed E-state index contributed by atoms with van der Waals surface area (Å²) in [6.07, 6.45) is 3.90. The van der Waals surface area contributed by atoms with Crippen LogP contribution in [0.3, 0.4) is 0 Å². The molecule has 4 nitrogen and oxygen atoms in total. The molecule has 3 aromatic heterocycles. The van der Waals surface area contributed by atoms with Crippen LogP contribution in [0.2, 0.25) is 0 Å². The fourth-order valence-electron chi connectivity index (χ4n) is 5.72. The summed E-state index contributed by atoms with van der Waals surface area (Å²) in [5, 5.41) is 2.48. The Morgan fingerprint density at radius 3 is 2.34 bits per heavy atom. The zero-order valence-electron chi connectivity index (χ0n) is 24.9. The van der Waals surface area contributed by atoms with Crippen LogP contribution in [0.1, 0.15) is 50.7 Å². The first-order valence-corrected chi connectivity index (χ1v) is 15.5. The second-order valence-electron chi connectivity index (χ2n) is 11.3. The van der Waals surface area contributed by atoms with Gasteiger partial charge in [-0.05, 0) is 50.9 Å². The zero-order chi connectivity index (χ0) is 29.5. The summed E-state index contributed by atoms with van der Waals surface area (Å²) in [6, 6.07) is 37.9. The van der Waals surface area contributed by atoms with Crippen molar-refractivity contribution in [3.8, 4) is 40.0 Å². The minimum absolute atomic E-state index is 0. The molecule has 0 bridgehead atoms. The number of imidazole rings is 1. The maximum Gasteiger partial charge on any atom is 2.00 e. The van der Waals surface area contributed by atoms with E-state index in [1.165, 1.54) is 37.0 Å². The number of nitrogens with zero attached hydrogens (tertiary/aromatic N) is 3. The second-order valence-corrected chi connectivity index (χ2v) is 12.4. The second kappa shape index (κ2) is 12.5. The number of hydrogen-bond acceptors (Lipinski definition) is 4. The van der Waals surface area contributed by atoms with E-state index in [0.29, 0.717) is 23.5 Å². The monoisotopic (exact) mass is 772 g/mol. The number of ether oxygens (including phenoxy) is 1. The Labute approximate surface area is 276 Å². The van der Waals surface area contributed by atoms with Crippen LogP contribution in [0.4, 0.5) is 0 Å². The van der Waals surface area contributed by atoms with Gasteiger partial charge in [-0.1, -0.05) is 87.7 Å². The Morgan fingerprint density at radius 2 is 1.55 bits per heavy atom. The number of aromatic nitrogens is 3. The molecule has 7 rings (SSSR count). The first-order valence-electron chi connectivity index (χ1n) is 14.6. The van der Waals surface area contributed by atoms with E-state index in [4.69, 9.17) is 14.7 Å². The summed E-state index contributed by atoms with van der Waals surface area (Å²) in [5.41, 5.74) is 6.45. The summed E-state index contributed by atoms with van der Waals surface area (Å²) >= 11 is 1.77. The molecule has 7 aromatic rings. The van der Waals surface area contributed by atoms with Gasteiger partial charge < -0.3 is 9.30 Å². The van der Waals surface area contributed by atoms with Gasteiger partial charge in [0.25, 0.3) is 0 Å². The van der Waals surface area contributed by atoms with Crippen molar-refractivity contribution < 1.29 is 25.8 Å². The van der Waals surface area contributed by atoms with Gasteiger partial charge in [0.05, 0.1) is 5.82 Å². The van der Waals surface area contributed by atoms with E-state index in [1.54, 1.807) is 11.3 Å². The van der Waals surface area contributed by atoms with Crippen LogP contribution in [0.5, 0.6) is 11.6 Å². The Morgan fingerprint density at radius 1 is 0.795 bits per heavy atom. The summed E-state index contributed by atoms with van der Waals surface area (Å²) in [6.45, 7) is 8.95. The number of hydrogen-bond donors (Lipinski definition) is 0. The molecule has 0 saturated carbocycles. The van der Waals surface area contributed by atoms with Gasteiger partial charge in [-0.15, -0.1) is 47.5 Å². The first-order chi connectivity index (χ1) is 21.0. The molecule has 0 unspecified atom stereocenters. The van der Waals surface area contributed by atoms with E-state index in [-0.39, 0.29) is 21.1 Å². The fourth-order valence-corrected chi connectivity index (χ4v) is 6.92. The molecule has 0 spiro atoms. The third-order valence-electron chi connectivity index (χ3n) is 7.77. The zero-order valence-corrected chi connectivity index (χ0v) is 28.0. The predicted octanol–water partition coefficient (Wildman–Crippen LogP) is 10.6. The average Bonchev–Trinajstić information content (AvgIpc) is 3.66. The van der Waals surface area contributed by atoms with Crippen molar-refractivity contribution in [1.82, 2.24) is 14.5 Å². The van der Waals surface area contributed by atoms with Gasteiger partial charge in [-0.2, -0.15) is 11.3 Å². The van der Waals surface area contributed by atoms with Crippen LogP contribution in [0.15, 0.2) is 103 Å². The smallest absolute Gasteiger partial charge is 0.460 e. The van der Waals surface area contributed by atoms with Crippen LogP contribution >= 0.6 is 11.3 Å². The maximum atomic E-state index is 6.31. The fraction of sp³-hybridized carbons (Fsp3) is 0.158. The molecule has 0 aliphatic rings. The molecule has 220 valence electrons. The van der Waals surface area contributed by atoms with Crippen LogP contribution in [-0.2, 0) is 21.1 Å². The summed E-state index contributed by atoms with van der Waals surface area (Å²) in [5.74, 6) is 2.66. The molecule has 0 aliphatic carbocycles. The first kappa shape index (κ1) is 30.0. The number of thiophene rings is 1. The van der Waals surface area contributed by atoms with Crippen molar-refractivity contribution in [3.05, 3.63) is 127 Å². The molecule has 0 amide bonds. The Kier molecular flexibility index (Phi) is 8.53. The van der Waals surface area contributed by atoms with Gasteiger partial charge in [0.2, 0.25) is 5.88 Å². The summed E-state index contributed by atoms with van der Waals surface area (Å²) < 4.78 is 10.9. The van der Waals surface area contributed by atoms with E-state index >= 15 is 0 Å². The summed E-state index contributed by atoms with van der Waals surface area (Å²) in [4.78, 5) is 9.66. The number of para-hydroxylation sites is 1. The Balaban J connectivity index is 0.00000343. The van der Waals surface area contributed by atoms with Crippen molar-refractivity contribution in [2.75, 3.05) is 0 Å². The van der Waals surface area contributed by atoms with E-state index in [1.807, 2.05) is 54.9 Å². The molecule has 0 radical (unpaired) electrons. The van der Waals surface area contributed by atoms with Gasteiger partial charge in [0.1, 0.15) is 0 Å². The van der Waals surface area contributed by atoms with E-state index < -0.39 is 0 Å². The largest absolute Gasteiger partial charge is 2.00 e. The molecule has 0 saturated heterocycles. The number of pyridine rings is 1. The van der Waals surface area contributed by atoms with Gasteiger partial charge in [0.15, 0.2) is 0 Å². The Hall–Kier alpha value is -4.05. The minimum atomic E-state index is 0. The van der Waals surface area contributed by atoms with Crippen molar-refractivity contribution >= 4 is 31.5 Å². The third kappa shape index (κ3) is 5.51. The van der Waals surface area contributed by atoms with Crippen LogP contribution in [0, 0.1) is 12.1 Å². The number of rotatable bonds is 7. The number of fused-ring (bicyclic) bond motifs is 3. The molecule has 6 heteroatoms. The molecule has 0 aliphatic heterocycles. The average molecular weight is 773 g/mol. The van der Waals surface area contributed by atoms with Gasteiger partial charge in [0, 0.05) is 28.5 Å². The predicted molar refractivity (Wildman–Crippen MR) is 177 cm³/mol. The standard InChI is InChI=1S/C38H31N3OS.Pt/c1-24(2)28-14-8-15-29(25(3)4)36(28)41-22-21-39-38(41)26-11-7-12-27(23-26)42-35-20-10-18-33(40-35)32-17-9-16-31-30-13-5-6-19-34(30)43-37(31)32;/h5-16,18-22,24-25H,1-4H3;/q-2;+2. The number of benzene rings is 4. The van der Waals surface area contributed by atoms with Crippen molar-refractivity contribution in [2.45, 2.75) is 39.5 Å². The van der Waals surface area contributed by atoms with Crippen molar-refractivity contribution in [2.24, 2.45) is 0 Å². The molecule has 0 atom stereocenters. The quantitative estimate of drug-likeness (QED) is 0.152. The van der Waals surface area contributed by atoms with E-state index in [9.17, 15) is 0 Å². The SMILES string of the molecule is CC(C)c1cccc(C(C)C)c1-n1ccnc1-c1[c-]c(Oc2cccc(-c3[c-]ccc4c3sc3ccccc34)n2)ccc1.[Pt+2]. The van der Waals surface area contributed by atoms with Gasteiger partial charge in [-0.25, -0.2) is 0 Å². The van der Waals surface area contributed by atoms with Crippen molar-refractivity contribution in [1.29, 1.82) is 0 Å². The molecule has 44 heavy (non-hydrogen) atoms. The van der Waals surface area contributed by atoms with Gasteiger partial charge >= 0.3 is 21.1 Å². The van der Waals surface area contributed by atoms with Crippen LogP contribution < -0.4 is 4.74 Å².